The van der Waals surface area contributed by atoms with Gasteiger partial charge in [-0.2, -0.15) is 0 Å². The van der Waals surface area contributed by atoms with E-state index >= 15 is 0 Å². The predicted molar refractivity (Wildman–Crippen MR) is 134 cm³/mol. The second-order valence-electron chi connectivity index (χ2n) is 8.31. The molecule has 0 fully saturated rings. The van der Waals surface area contributed by atoms with Crippen LogP contribution in [0.25, 0.3) is 0 Å². The molecule has 9 N–H and O–H groups in total. The summed E-state index contributed by atoms with van der Waals surface area (Å²) >= 11 is 0. The summed E-state index contributed by atoms with van der Waals surface area (Å²) in [4.78, 5) is 24.8. The van der Waals surface area contributed by atoms with Crippen LogP contribution < -0.4 is 26.8 Å². The first-order valence-corrected chi connectivity index (χ1v) is 12.4. The molecule has 0 spiro atoms. The first kappa shape index (κ1) is 27.5. The molecule has 2 aromatic rings. The van der Waals surface area contributed by atoms with Gasteiger partial charge in [-0.3, -0.25) is 20.4 Å². The van der Waals surface area contributed by atoms with Gasteiger partial charge in [-0.15, -0.1) is 0 Å². The Morgan fingerprint density at radius 3 is 1.80 bits per heavy atom. The molecule has 0 aliphatic heterocycles. The summed E-state index contributed by atoms with van der Waals surface area (Å²) in [5, 5.41) is 19.9. The van der Waals surface area contributed by atoms with Gasteiger partial charge in [-0.25, -0.2) is 13.1 Å². The van der Waals surface area contributed by atoms with Crippen molar-refractivity contribution in [3.63, 3.8) is 0 Å². The summed E-state index contributed by atoms with van der Waals surface area (Å²) in [6, 6.07) is 11.9. The molecule has 0 aromatic heterocycles. The molecule has 0 heterocycles. The Hall–Kier alpha value is -3.77. The van der Waals surface area contributed by atoms with Crippen molar-refractivity contribution >= 4 is 33.5 Å². The van der Waals surface area contributed by atoms with Crippen LogP contribution in [0.1, 0.15) is 36.1 Å². The summed E-state index contributed by atoms with van der Waals surface area (Å²) in [6.07, 6.45) is 0. The third-order valence-corrected chi connectivity index (χ3v) is 6.38. The highest BCUT2D eigenvalue weighted by molar-refractivity contribution is 7.88. The minimum atomic E-state index is -3.87. The van der Waals surface area contributed by atoms with Gasteiger partial charge in [-0.1, -0.05) is 62.4 Å². The van der Waals surface area contributed by atoms with Crippen molar-refractivity contribution in [2.75, 3.05) is 6.54 Å². The Labute approximate surface area is 204 Å². The van der Waals surface area contributed by atoms with Gasteiger partial charge in [0.2, 0.25) is 21.8 Å². The van der Waals surface area contributed by atoms with E-state index in [9.17, 15) is 18.0 Å². The maximum atomic E-state index is 12.6. The molecule has 188 valence electrons. The Kier molecular flexibility index (Phi) is 9.49. The van der Waals surface area contributed by atoms with Gasteiger partial charge < -0.3 is 22.1 Å². The topological polar surface area (TPSA) is 204 Å². The number of carbonyl (C=O) groups is 2. The molecule has 0 saturated heterocycles. The highest BCUT2D eigenvalue weighted by atomic mass is 32.2. The minimum absolute atomic E-state index is 0.0514. The zero-order valence-corrected chi connectivity index (χ0v) is 20.4. The van der Waals surface area contributed by atoms with E-state index in [0.717, 1.165) is 5.56 Å². The molecule has 2 amide bonds. The second kappa shape index (κ2) is 12.1. The number of amidine groups is 2. The van der Waals surface area contributed by atoms with Crippen molar-refractivity contribution in [1.82, 2.24) is 15.4 Å². The van der Waals surface area contributed by atoms with Gasteiger partial charge in [0.15, 0.2) is 0 Å². The Bertz CT molecular complexity index is 1180. The number of nitrogen functional groups attached to an aromatic ring is 2. The number of sulfonamides is 1. The van der Waals surface area contributed by atoms with Crippen LogP contribution in [-0.2, 0) is 31.9 Å². The molecule has 2 rings (SSSR count). The van der Waals surface area contributed by atoms with Crippen molar-refractivity contribution in [2.24, 2.45) is 17.4 Å². The number of hydrogen-bond acceptors (Lipinski definition) is 6. The fraction of sp³-hybridized carbons (Fsp3) is 0.304. The van der Waals surface area contributed by atoms with Gasteiger partial charge in [0.05, 0.1) is 12.3 Å². The SMILES string of the molecule is CC(C)C(NS(=O)(=O)Cc1ccc(C(=N)N)cc1)C(=O)NCC(=O)NCc1ccc(C(=N)N)cc1. The van der Waals surface area contributed by atoms with Crippen molar-refractivity contribution < 1.29 is 18.0 Å². The number of carbonyl (C=O) groups excluding carboxylic acids is 2. The summed E-state index contributed by atoms with van der Waals surface area (Å²) in [5.74, 6) is -1.95. The summed E-state index contributed by atoms with van der Waals surface area (Å²) in [5.41, 5.74) is 13.1. The molecular formula is C23H31N7O4S. The molecule has 0 saturated carbocycles. The number of rotatable bonds is 12. The molecule has 0 aliphatic carbocycles. The fourth-order valence-electron chi connectivity index (χ4n) is 3.07. The highest BCUT2D eigenvalue weighted by Crippen LogP contribution is 2.10. The van der Waals surface area contributed by atoms with Crippen LogP contribution in [0.5, 0.6) is 0 Å². The Balaban J connectivity index is 1.89. The molecule has 1 unspecified atom stereocenters. The molecule has 12 heteroatoms. The predicted octanol–water partition coefficient (Wildman–Crippen LogP) is 0.131. The molecule has 11 nitrogen and oxygen atoms in total. The normalized spacial score (nSPS) is 12.1. The second-order valence-corrected chi connectivity index (χ2v) is 10.1. The van der Waals surface area contributed by atoms with E-state index in [-0.39, 0.29) is 36.4 Å². The van der Waals surface area contributed by atoms with Crippen molar-refractivity contribution in [3.05, 3.63) is 70.8 Å². The molecule has 0 radical (unpaired) electrons. The molecular weight excluding hydrogens is 470 g/mol. The lowest BCUT2D eigenvalue weighted by Crippen LogP contribution is -2.51. The Morgan fingerprint density at radius 1 is 0.857 bits per heavy atom. The number of hydrogen-bond donors (Lipinski definition) is 7. The quantitative estimate of drug-likeness (QED) is 0.159. The van der Waals surface area contributed by atoms with Crippen LogP contribution in [0.15, 0.2) is 48.5 Å². The number of amides is 2. The third-order valence-electron chi connectivity index (χ3n) is 5.06. The fourth-order valence-corrected chi connectivity index (χ4v) is 4.55. The van der Waals surface area contributed by atoms with Gasteiger partial charge >= 0.3 is 0 Å². The maximum absolute atomic E-state index is 12.6. The molecule has 35 heavy (non-hydrogen) atoms. The first-order chi connectivity index (χ1) is 16.4. The smallest absolute Gasteiger partial charge is 0.239 e. The van der Waals surface area contributed by atoms with E-state index in [2.05, 4.69) is 15.4 Å². The van der Waals surface area contributed by atoms with Crippen molar-refractivity contribution in [3.8, 4) is 0 Å². The number of benzene rings is 2. The van der Waals surface area contributed by atoms with Crippen LogP contribution >= 0.6 is 0 Å². The van der Waals surface area contributed by atoms with Crippen LogP contribution in [-0.4, -0.2) is 44.5 Å². The lowest BCUT2D eigenvalue weighted by atomic mass is 10.1. The number of nitrogens with two attached hydrogens (primary N) is 2. The Morgan fingerprint density at radius 2 is 1.34 bits per heavy atom. The van der Waals surface area contributed by atoms with Gasteiger partial charge in [0.25, 0.3) is 0 Å². The molecule has 1 atom stereocenters. The zero-order valence-electron chi connectivity index (χ0n) is 19.6. The van der Waals surface area contributed by atoms with Crippen LogP contribution in [0.3, 0.4) is 0 Å². The van der Waals surface area contributed by atoms with E-state index in [1.807, 2.05) is 0 Å². The highest BCUT2D eigenvalue weighted by Gasteiger charge is 2.27. The van der Waals surface area contributed by atoms with Crippen LogP contribution in [0.4, 0.5) is 0 Å². The number of nitrogens with one attached hydrogen (secondary N) is 5. The molecule has 2 aromatic carbocycles. The van der Waals surface area contributed by atoms with Crippen molar-refractivity contribution in [1.29, 1.82) is 10.8 Å². The van der Waals surface area contributed by atoms with Crippen molar-refractivity contribution in [2.45, 2.75) is 32.2 Å². The van der Waals surface area contributed by atoms with E-state index < -0.39 is 27.9 Å². The lowest BCUT2D eigenvalue weighted by molar-refractivity contribution is -0.127. The van der Waals surface area contributed by atoms with Gasteiger partial charge in [-0.05, 0) is 17.0 Å². The van der Waals surface area contributed by atoms with Gasteiger partial charge in [0, 0.05) is 17.7 Å². The minimum Gasteiger partial charge on any atom is -0.384 e. The van der Waals surface area contributed by atoms with E-state index in [1.54, 1.807) is 62.4 Å². The lowest BCUT2D eigenvalue weighted by Gasteiger charge is -2.21. The van der Waals surface area contributed by atoms with Crippen LogP contribution in [0.2, 0.25) is 0 Å². The summed E-state index contributed by atoms with van der Waals surface area (Å²) in [6.45, 7) is 3.29. The average molecular weight is 502 g/mol. The first-order valence-electron chi connectivity index (χ1n) is 10.8. The van der Waals surface area contributed by atoms with Crippen LogP contribution in [0, 0.1) is 16.7 Å². The summed E-state index contributed by atoms with van der Waals surface area (Å²) in [7, 11) is -3.87. The molecule has 0 bridgehead atoms. The zero-order chi connectivity index (χ0) is 26.2. The average Bonchev–Trinajstić information content (AvgIpc) is 2.79. The van der Waals surface area contributed by atoms with E-state index in [4.69, 9.17) is 22.3 Å². The third kappa shape index (κ3) is 8.83. The van der Waals surface area contributed by atoms with E-state index in [1.165, 1.54) is 0 Å². The molecule has 0 aliphatic rings. The largest absolute Gasteiger partial charge is 0.384 e. The van der Waals surface area contributed by atoms with E-state index in [0.29, 0.717) is 16.7 Å². The summed E-state index contributed by atoms with van der Waals surface area (Å²) < 4.78 is 27.7. The maximum Gasteiger partial charge on any atom is 0.239 e. The van der Waals surface area contributed by atoms with Gasteiger partial charge in [0.1, 0.15) is 17.7 Å². The monoisotopic (exact) mass is 501 g/mol. The standard InChI is InChI=1S/C23H31N7O4S/c1-14(2)20(30-35(33,34)13-16-5-9-18(10-6-16)22(26)27)23(32)29-12-19(31)28-11-15-3-7-17(8-4-15)21(24)25/h3-10,14,20,30H,11-13H2,1-2H3,(H3,24,25)(H3,26,27)(H,28,31)(H,29,32).